The van der Waals surface area contributed by atoms with Crippen molar-refractivity contribution < 1.29 is 18.3 Å². The van der Waals surface area contributed by atoms with Crippen LogP contribution in [0.5, 0.6) is 5.75 Å². The summed E-state index contributed by atoms with van der Waals surface area (Å²) in [6.07, 6.45) is 1.61. The van der Waals surface area contributed by atoms with Gasteiger partial charge >= 0.3 is 0 Å². The van der Waals surface area contributed by atoms with E-state index in [9.17, 15) is 18.3 Å². The van der Waals surface area contributed by atoms with Crippen LogP contribution in [0.1, 0.15) is 11.1 Å². The first-order valence-corrected chi connectivity index (χ1v) is 8.78. The van der Waals surface area contributed by atoms with Crippen LogP contribution in [-0.4, -0.2) is 19.4 Å². The van der Waals surface area contributed by atoms with Crippen molar-refractivity contribution in [3.63, 3.8) is 0 Å². The Hall–Kier alpha value is -2.16. The van der Waals surface area contributed by atoms with Gasteiger partial charge in [-0.3, -0.25) is 4.79 Å². The van der Waals surface area contributed by atoms with E-state index in [4.69, 9.17) is 5.14 Å². The average molecular weight is 395 g/mol. The Balaban J connectivity index is 2.13. The number of carbonyl (C=O) groups excluding carboxylic acids is 1. The Morgan fingerprint density at radius 3 is 2.57 bits per heavy atom. The quantitative estimate of drug-likeness (QED) is 0.678. The molecule has 2 aromatic rings. The third-order valence-corrected chi connectivity index (χ3v) is 4.93. The molecule has 0 saturated heterocycles. The van der Waals surface area contributed by atoms with Crippen LogP contribution in [0, 0.1) is 0 Å². The monoisotopic (exact) mass is 394 g/mol. The molecule has 4 N–H and O–H groups in total. The molecule has 6 nitrogen and oxygen atoms in total. The number of nitrogens with two attached hydrogens (primary N) is 1. The normalized spacial score (nSPS) is 15.6. The van der Waals surface area contributed by atoms with Gasteiger partial charge in [0.15, 0.2) is 0 Å². The van der Waals surface area contributed by atoms with E-state index in [0.29, 0.717) is 26.9 Å². The minimum Gasteiger partial charge on any atom is -0.507 e. The number of hydrogen-bond donors (Lipinski definition) is 3. The van der Waals surface area contributed by atoms with Gasteiger partial charge in [-0.2, -0.15) is 0 Å². The van der Waals surface area contributed by atoms with Gasteiger partial charge in [-0.1, -0.05) is 6.07 Å². The first kappa shape index (κ1) is 15.7. The van der Waals surface area contributed by atoms with Crippen molar-refractivity contribution in [3.05, 3.63) is 52.0 Å². The van der Waals surface area contributed by atoms with Crippen molar-refractivity contribution in [1.29, 1.82) is 0 Å². The summed E-state index contributed by atoms with van der Waals surface area (Å²) in [5, 5.41) is 17.3. The number of amides is 1. The van der Waals surface area contributed by atoms with E-state index in [2.05, 4.69) is 21.2 Å². The van der Waals surface area contributed by atoms with Gasteiger partial charge in [0.05, 0.1) is 9.37 Å². The van der Waals surface area contributed by atoms with E-state index in [1.165, 1.54) is 24.3 Å². The molecule has 23 heavy (non-hydrogen) atoms. The van der Waals surface area contributed by atoms with E-state index < -0.39 is 10.0 Å². The lowest BCUT2D eigenvalue weighted by molar-refractivity contribution is -0.110. The fourth-order valence-corrected chi connectivity index (χ4v) is 3.20. The fraction of sp³-hybridized carbons (Fsp3) is 0. The Morgan fingerprint density at radius 2 is 1.91 bits per heavy atom. The minimum absolute atomic E-state index is 0.0643. The number of phenols is 1. The second kappa shape index (κ2) is 5.48. The van der Waals surface area contributed by atoms with E-state index in [0.717, 1.165) is 0 Å². The van der Waals surface area contributed by atoms with Crippen LogP contribution in [0.2, 0.25) is 0 Å². The molecule has 0 fully saturated rings. The zero-order chi connectivity index (χ0) is 16.8. The van der Waals surface area contributed by atoms with Gasteiger partial charge in [-0.25, -0.2) is 13.6 Å². The Labute approximate surface area is 140 Å². The summed E-state index contributed by atoms with van der Waals surface area (Å²) in [6, 6.07) is 8.99. The number of hydrogen-bond acceptors (Lipinski definition) is 4. The highest BCUT2D eigenvalue weighted by atomic mass is 79.9. The molecule has 0 aliphatic carbocycles. The predicted octanol–water partition coefficient (Wildman–Crippen LogP) is 2.29. The summed E-state index contributed by atoms with van der Waals surface area (Å²) < 4.78 is 23.5. The lowest BCUT2D eigenvalue weighted by Crippen LogP contribution is -2.12. The highest BCUT2D eigenvalue weighted by molar-refractivity contribution is 9.10. The van der Waals surface area contributed by atoms with Gasteiger partial charge in [0.2, 0.25) is 10.0 Å². The summed E-state index contributed by atoms with van der Waals surface area (Å²) in [5.74, 6) is -0.254. The molecule has 0 aromatic heterocycles. The van der Waals surface area contributed by atoms with E-state index in [1.54, 1.807) is 18.2 Å². The molecule has 0 radical (unpaired) electrons. The maximum Gasteiger partial charge on any atom is 0.256 e. The van der Waals surface area contributed by atoms with Crippen LogP contribution in [0.25, 0.3) is 11.6 Å². The highest BCUT2D eigenvalue weighted by Crippen LogP contribution is 2.35. The van der Waals surface area contributed by atoms with Crippen LogP contribution in [0.4, 0.5) is 5.69 Å². The molecule has 0 spiro atoms. The molecule has 0 saturated carbocycles. The predicted molar refractivity (Wildman–Crippen MR) is 90.1 cm³/mol. The van der Waals surface area contributed by atoms with Crippen molar-refractivity contribution in [1.82, 2.24) is 0 Å². The lowest BCUT2D eigenvalue weighted by Gasteiger charge is -2.03. The summed E-state index contributed by atoms with van der Waals surface area (Å²) in [5.41, 5.74) is 1.98. The molecule has 1 amide bonds. The van der Waals surface area contributed by atoms with E-state index in [1.807, 2.05) is 0 Å². The van der Waals surface area contributed by atoms with Crippen molar-refractivity contribution >= 4 is 49.2 Å². The number of carbonyl (C=O) groups is 1. The van der Waals surface area contributed by atoms with Crippen molar-refractivity contribution in [3.8, 4) is 5.75 Å². The zero-order valence-corrected chi connectivity index (χ0v) is 14.0. The molecule has 1 heterocycles. The molecule has 8 heteroatoms. The van der Waals surface area contributed by atoms with Gasteiger partial charge in [0.25, 0.3) is 5.91 Å². The summed E-state index contributed by atoms with van der Waals surface area (Å²) in [4.78, 5) is 12.1. The molecular formula is C15H11BrN2O4S. The van der Waals surface area contributed by atoms with Crippen LogP contribution in [0.15, 0.2) is 45.8 Å². The standard InChI is InChI=1S/C15H11BrN2O4S/c16-12-6-8(1-4-14(12)19)5-11-10-7-9(23(17,21)22)2-3-13(10)18-15(11)20/h1-7,19H,(H,18,20)(H2,17,21,22)/b11-5+. The number of fused-ring (bicyclic) bond motifs is 1. The molecule has 0 atom stereocenters. The minimum atomic E-state index is -3.86. The second-order valence-corrected chi connectivity index (χ2v) is 7.39. The van der Waals surface area contributed by atoms with Crippen molar-refractivity contribution in [2.45, 2.75) is 4.90 Å². The molecule has 1 aliphatic rings. The Bertz CT molecular complexity index is 967. The largest absolute Gasteiger partial charge is 0.507 e. The van der Waals surface area contributed by atoms with Crippen molar-refractivity contribution in [2.24, 2.45) is 5.14 Å². The molecular weight excluding hydrogens is 384 g/mol. The Morgan fingerprint density at radius 1 is 1.17 bits per heavy atom. The van der Waals surface area contributed by atoms with Gasteiger partial charge in [0.1, 0.15) is 5.75 Å². The van der Waals surface area contributed by atoms with Crippen LogP contribution < -0.4 is 10.5 Å². The number of aromatic hydroxyl groups is 1. The zero-order valence-electron chi connectivity index (χ0n) is 11.6. The second-order valence-electron chi connectivity index (χ2n) is 4.98. The number of phenolic OH excluding ortho intramolecular Hbond substituents is 1. The summed E-state index contributed by atoms with van der Waals surface area (Å²) in [7, 11) is -3.86. The van der Waals surface area contributed by atoms with Crippen LogP contribution >= 0.6 is 15.9 Å². The lowest BCUT2D eigenvalue weighted by atomic mass is 10.0. The average Bonchev–Trinajstić information content (AvgIpc) is 2.77. The number of sulfonamides is 1. The number of anilines is 1. The smallest absolute Gasteiger partial charge is 0.256 e. The molecule has 0 bridgehead atoms. The number of primary sulfonamides is 1. The summed E-state index contributed by atoms with van der Waals surface area (Å²) >= 11 is 3.20. The molecule has 1 aliphatic heterocycles. The molecule has 0 unspecified atom stereocenters. The van der Waals surface area contributed by atoms with Crippen LogP contribution in [0.3, 0.4) is 0 Å². The van der Waals surface area contributed by atoms with Gasteiger partial charge < -0.3 is 10.4 Å². The van der Waals surface area contributed by atoms with E-state index in [-0.39, 0.29) is 16.6 Å². The maximum absolute atomic E-state index is 12.1. The van der Waals surface area contributed by atoms with Crippen molar-refractivity contribution in [2.75, 3.05) is 5.32 Å². The maximum atomic E-state index is 12.1. The fourth-order valence-electron chi connectivity index (χ4n) is 2.27. The third kappa shape index (κ3) is 3.00. The molecule has 118 valence electrons. The number of rotatable bonds is 2. The SMILES string of the molecule is NS(=O)(=O)c1ccc2c(c1)/C(=C\c1ccc(O)c(Br)c1)C(=O)N2. The third-order valence-electron chi connectivity index (χ3n) is 3.39. The molecule has 2 aromatic carbocycles. The number of benzene rings is 2. The summed E-state index contributed by atoms with van der Waals surface area (Å²) in [6.45, 7) is 0. The number of halogens is 1. The van der Waals surface area contributed by atoms with Gasteiger partial charge in [-0.05, 0) is 57.9 Å². The van der Waals surface area contributed by atoms with E-state index >= 15 is 0 Å². The van der Waals surface area contributed by atoms with Crippen LogP contribution in [-0.2, 0) is 14.8 Å². The Kier molecular flexibility index (Phi) is 3.75. The van der Waals surface area contributed by atoms with Gasteiger partial charge in [0, 0.05) is 16.8 Å². The molecule has 3 rings (SSSR count). The highest BCUT2D eigenvalue weighted by Gasteiger charge is 2.25. The topological polar surface area (TPSA) is 109 Å². The first-order valence-electron chi connectivity index (χ1n) is 6.44. The van der Waals surface area contributed by atoms with Gasteiger partial charge in [-0.15, -0.1) is 0 Å². The first-order chi connectivity index (χ1) is 10.8. The number of nitrogens with one attached hydrogen (secondary N) is 1.